The summed E-state index contributed by atoms with van der Waals surface area (Å²) < 4.78 is 37.3. The van der Waals surface area contributed by atoms with Crippen LogP contribution in [0.15, 0.2) is 39.7 Å². The smallest absolute Gasteiger partial charge is 0.223 e. The van der Waals surface area contributed by atoms with Crippen molar-refractivity contribution >= 4 is 43.3 Å². The molecule has 0 radical (unpaired) electrons. The van der Waals surface area contributed by atoms with E-state index in [1.807, 2.05) is 18.2 Å². The van der Waals surface area contributed by atoms with Crippen LogP contribution in [0.25, 0.3) is 0 Å². The summed E-state index contributed by atoms with van der Waals surface area (Å²) in [6.07, 6.45) is 0.981. The van der Waals surface area contributed by atoms with Gasteiger partial charge in [-0.1, -0.05) is 22.0 Å². The lowest BCUT2D eigenvalue weighted by molar-refractivity contribution is -0.120. The maximum absolute atomic E-state index is 13.1. The first kappa shape index (κ1) is 25.0. The maximum Gasteiger partial charge on any atom is 0.223 e. The third-order valence-electron chi connectivity index (χ3n) is 5.49. The molecule has 3 rings (SSSR count). The van der Waals surface area contributed by atoms with Crippen molar-refractivity contribution in [3.8, 4) is 11.5 Å². The van der Waals surface area contributed by atoms with Crippen LogP contribution in [0.1, 0.15) is 24.5 Å². The Hall–Kier alpha value is -2.59. The van der Waals surface area contributed by atoms with Gasteiger partial charge in [-0.05, 0) is 48.2 Å². The fourth-order valence-corrected chi connectivity index (χ4v) is 6.00. The van der Waals surface area contributed by atoms with Gasteiger partial charge in [0.15, 0.2) is 21.3 Å². The molecule has 0 spiro atoms. The Morgan fingerprint density at radius 3 is 2.52 bits per heavy atom. The number of amides is 2. The highest BCUT2D eigenvalue weighted by Crippen LogP contribution is 2.38. The molecule has 8 nitrogen and oxygen atoms in total. The molecule has 1 N–H and O–H groups in total. The monoisotopic (exact) mass is 538 g/mol. The third-order valence-corrected chi connectivity index (χ3v) is 7.67. The second-order valence-electron chi connectivity index (χ2n) is 7.69. The molecule has 0 unspecified atom stereocenters. The predicted octanol–water partition coefficient (Wildman–Crippen LogP) is 2.90. The molecule has 0 atom stereocenters. The average molecular weight is 539 g/mol. The highest BCUT2D eigenvalue weighted by molar-refractivity contribution is 9.10. The van der Waals surface area contributed by atoms with Crippen LogP contribution >= 0.6 is 15.9 Å². The lowest BCUT2D eigenvalue weighted by Crippen LogP contribution is -2.29. The number of halogens is 1. The molecule has 1 aliphatic heterocycles. The van der Waals surface area contributed by atoms with E-state index in [0.717, 1.165) is 11.1 Å². The van der Waals surface area contributed by atoms with Crippen molar-refractivity contribution < 1.29 is 27.5 Å². The van der Waals surface area contributed by atoms with Gasteiger partial charge in [0.25, 0.3) is 0 Å². The van der Waals surface area contributed by atoms with Crippen LogP contribution in [-0.4, -0.2) is 53.3 Å². The number of carbonyl (C=O) groups is 2. The van der Waals surface area contributed by atoms with Crippen molar-refractivity contribution in [2.75, 3.05) is 38.0 Å². The zero-order valence-corrected chi connectivity index (χ0v) is 21.2. The van der Waals surface area contributed by atoms with Gasteiger partial charge in [-0.3, -0.25) is 9.59 Å². The Morgan fingerprint density at radius 2 is 1.85 bits per heavy atom. The van der Waals surface area contributed by atoms with Crippen molar-refractivity contribution in [2.24, 2.45) is 0 Å². The van der Waals surface area contributed by atoms with E-state index in [2.05, 4.69) is 21.2 Å². The zero-order valence-electron chi connectivity index (χ0n) is 18.8. The molecule has 0 aromatic heterocycles. The van der Waals surface area contributed by atoms with Crippen LogP contribution in [0.5, 0.6) is 11.5 Å². The van der Waals surface area contributed by atoms with Crippen LogP contribution in [0, 0.1) is 0 Å². The van der Waals surface area contributed by atoms with Crippen LogP contribution in [0.3, 0.4) is 0 Å². The summed E-state index contributed by atoms with van der Waals surface area (Å²) in [6.45, 7) is 2.22. The van der Waals surface area contributed by atoms with E-state index in [1.54, 1.807) is 20.3 Å². The van der Waals surface area contributed by atoms with Crippen molar-refractivity contribution in [3.05, 3.63) is 45.9 Å². The van der Waals surface area contributed by atoms with E-state index in [9.17, 15) is 18.0 Å². The minimum atomic E-state index is -3.78. The molecule has 0 saturated carbocycles. The number of hydrogen-bond acceptors (Lipinski definition) is 6. The largest absolute Gasteiger partial charge is 0.493 e. The van der Waals surface area contributed by atoms with Crippen molar-refractivity contribution in [2.45, 2.75) is 31.1 Å². The molecule has 178 valence electrons. The summed E-state index contributed by atoms with van der Waals surface area (Å²) in [4.78, 5) is 25.9. The topological polar surface area (TPSA) is 102 Å². The predicted molar refractivity (Wildman–Crippen MR) is 129 cm³/mol. The molecule has 1 heterocycles. The number of carbonyl (C=O) groups excluding carboxylic acids is 2. The highest BCUT2D eigenvalue weighted by Gasteiger charge is 2.31. The molecule has 0 aliphatic carbocycles. The van der Waals surface area contributed by atoms with E-state index in [4.69, 9.17) is 9.47 Å². The summed E-state index contributed by atoms with van der Waals surface area (Å²) in [7, 11) is -0.662. The Kier molecular flexibility index (Phi) is 8.01. The summed E-state index contributed by atoms with van der Waals surface area (Å²) in [5, 5.41) is 2.76. The first-order valence-electron chi connectivity index (χ1n) is 10.5. The molecule has 0 fully saturated rings. The molecular formula is C23H27BrN2O6S. The normalized spacial score (nSPS) is 12.9. The molecular weight excluding hydrogens is 512 g/mol. The number of methoxy groups -OCH3 is 2. The van der Waals surface area contributed by atoms with Crippen molar-refractivity contribution in [1.29, 1.82) is 0 Å². The van der Waals surface area contributed by atoms with Gasteiger partial charge in [0.05, 0.1) is 30.6 Å². The molecule has 2 aromatic carbocycles. The number of fused-ring (bicyclic) bond motifs is 1. The molecule has 2 aromatic rings. The number of hydrogen-bond donors (Lipinski definition) is 1. The Labute approximate surface area is 202 Å². The number of sulfone groups is 1. The number of ether oxygens (including phenoxy) is 2. The first-order chi connectivity index (χ1) is 15.7. The average Bonchev–Trinajstić information content (AvgIpc) is 3.21. The lowest BCUT2D eigenvalue weighted by atomic mass is 10.1. The maximum atomic E-state index is 13.1. The summed E-state index contributed by atoms with van der Waals surface area (Å²) in [5.74, 6) is 0.324. The first-order valence-corrected chi connectivity index (χ1v) is 12.9. The van der Waals surface area contributed by atoms with Gasteiger partial charge in [0, 0.05) is 30.9 Å². The Balaban J connectivity index is 1.61. The minimum absolute atomic E-state index is 0.0812. The van der Waals surface area contributed by atoms with Crippen LogP contribution in [0.4, 0.5) is 5.69 Å². The Bertz CT molecular complexity index is 1170. The van der Waals surface area contributed by atoms with Gasteiger partial charge in [-0.15, -0.1) is 0 Å². The second kappa shape index (κ2) is 10.6. The lowest BCUT2D eigenvalue weighted by Gasteiger charge is -2.19. The van der Waals surface area contributed by atoms with E-state index < -0.39 is 9.84 Å². The SMILES string of the molecule is COc1ccc(CCNC(=O)CCS(=O)(=O)c2cc(Br)cc3c2N(C(C)=O)CC3)cc1OC. The van der Waals surface area contributed by atoms with Crippen LogP contribution < -0.4 is 19.7 Å². The van der Waals surface area contributed by atoms with E-state index in [0.29, 0.717) is 47.6 Å². The zero-order chi connectivity index (χ0) is 24.2. The molecule has 1 aliphatic rings. The number of nitrogens with zero attached hydrogens (tertiary/aromatic N) is 1. The standard InChI is InChI=1S/C23H27BrN2O6S/c1-15(27)26-10-7-17-13-18(24)14-21(23(17)26)33(29,30)11-8-22(28)25-9-6-16-4-5-19(31-2)20(12-16)32-3/h4-5,12-14H,6-11H2,1-3H3,(H,25,28). The van der Waals surface area contributed by atoms with E-state index in [1.165, 1.54) is 17.9 Å². The molecule has 10 heteroatoms. The molecule has 2 amide bonds. The highest BCUT2D eigenvalue weighted by atomic mass is 79.9. The fourth-order valence-electron chi connectivity index (χ4n) is 3.83. The Morgan fingerprint density at radius 1 is 1.12 bits per heavy atom. The van der Waals surface area contributed by atoms with Gasteiger partial charge in [-0.2, -0.15) is 0 Å². The van der Waals surface area contributed by atoms with Gasteiger partial charge in [0.2, 0.25) is 11.8 Å². The number of benzene rings is 2. The second-order valence-corrected chi connectivity index (χ2v) is 10.7. The van der Waals surface area contributed by atoms with Crippen molar-refractivity contribution in [1.82, 2.24) is 5.32 Å². The number of nitrogens with one attached hydrogen (secondary N) is 1. The van der Waals surface area contributed by atoms with Gasteiger partial charge in [0.1, 0.15) is 0 Å². The van der Waals surface area contributed by atoms with Gasteiger partial charge in [-0.25, -0.2) is 8.42 Å². The van der Waals surface area contributed by atoms with Crippen LogP contribution in [0.2, 0.25) is 0 Å². The minimum Gasteiger partial charge on any atom is -0.493 e. The van der Waals surface area contributed by atoms with Crippen LogP contribution in [-0.2, 0) is 32.3 Å². The van der Waals surface area contributed by atoms with Crippen molar-refractivity contribution in [3.63, 3.8) is 0 Å². The molecule has 0 saturated heterocycles. The summed E-state index contributed by atoms with van der Waals surface area (Å²) >= 11 is 3.36. The third kappa shape index (κ3) is 5.86. The van der Waals surface area contributed by atoms with Gasteiger partial charge < -0.3 is 19.7 Å². The molecule has 0 bridgehead atoms. The number of rotatable bonds is 9. The quantitative estimate of drug-likeness (QED) is 0.526. The summed E-state index contributed by atoms with van der Waals surface area (Å²) in [5.41, 5.74) is 2.19. The van der Waals surface area contributed by atoms with E-state index >= 15 is 0 Å². The fraction of sp³-hybridized carbons (Fsp3) is 0.391. The molecule has 33 heavy (non-hydrogen) atoms. The number of anilines is 1. The summed E-state index contributed by atoms with van der Waals surface area (Å²) in [6, 6.07) is 8.85. The van der Waals surface area contributed by atoms with Gasteiger partial charge >= 0.3 is 0 Å². The van der Waals surface area contributed by atoms with E-state index in [-0.39, 0.29) is 28.9 Å².